The van der Waals surface area contributed by atoms with Gasteiger partial charge in [0.2, 0.25) is 0 Å². The number of aromatic carboxylic acids is 1. The number of aromatic nitrogens is 2. The van der Waals surface area contributed by atoms with Crippen molar-refractivity contribution in [2.75, 3.05) is 0 Å². The Kier molecular flexibility index (Phi) is 2.90. The fraction of sp³-hybridized carbons (Fsp3) is 0. The maximum Gasteiger partial charge on any atom is 0.335 e. The van der Waals surface area contributed by atoms with Crippen LogP contribution in [0.5, 0.6) is 0 Å². The predicted molar refractivity (Wildman–Crippen MR) is 67.9 cm³/mol. The molecule has 0 saturated heterocycles. The normalized spacial score (nSPS) is 11.0. The predicted octanol–water partition coefficient (Wildman–Crippen LogP) is 3.14. The Morgan fingerprint density at radius 1 is 1.10 bits per heavy atom. The monoisotopic (exact) mass is 292 g/mol. The van der Waals surface area contributed by atoms with Crippen LogP contribution in [0.2, 0.25) is 0 Å². The summed E-state index contributed by atoms with van der Waals surface area (Å²) in [5, 5.41) is 8.97. The molecule has 0 amide bonds. The van der Waals surface area contributed by atoms with Crippen LogP contribution in [0.25, 0.3) is 16.7 Å². The Morgan fingerprint density at radius 3 is 2.57 bits per heavy atom. The molecule has 3 aromatic rings. The second kappa shape index (κ2) is 4.62. The first-order chi connectivity index (χ1) is 9.99. The maximum atomic E-state index is 13.8. The summed E-state index contributed by atoms with van der Waals surface area (Å²) in [5.41, 5.74) is 0.412. The molecular weight excluding hydrogens is 285 g/mol. The van der Waals surface area contributed by atoms with Crippen LogP contribution in [0.15, 0.2) is 36.7 Å². The molecule has 0 unspecified atom stereocenters. The van der Waals surface area contributed by atoms with Crippen LogP contribution in [0.4, 0.5) is 13.2 Å². The third-order valence-corrected chi connectivity index (χ3v) is 3.07. The molecular formula is C14H7F3N2O2. The topological polar surface area (TPSA) is 55.1 Å². The average Bonchev–Trinajstić information content (AvgIpc) is 2.88. The number of fused-ring (bicyclic) bond motifs is 1. The van der Waals surface area contributed by atoms with Crippen molar-refractivity contribution in [3.63, 3.8) is 0 Å². The summed E-state index contributed by atoms with van der Waals surface area (Å²) in [6, 6.07) is 5.94. The first-order valence-electron chi connectivity index (χ1n) is 5.83. The zero-order chi connectivity index (χ0) is 15.1. The summed E-state index contributed by atoms with van der Waals surface area (Å²) in [6.07, 6.45) is 1.21. The number of hydrogen-bond donors (Lipinski definition) is 1. The largest absolute Gasteiger partial charge is 0.478 e. The van der Waals surface area contributed by atoms with Gasteiger partial charge in [0, 0.05) is 0 Å². The maximum absolute atomic E-state index is 13.8. The number of hydrogen-bond acceptors (Lipinski definition) is 2. The van der Waals surface area contributed by atoms with E-state index in [1.165, 1.54) is 29.1 Å². The highest BCUT2D eigenvalue weighted by molar-refractivity contribution is 5.92. The number of halogens is 3. The smallest absolute Gasteiger partial charge is 0.335 e. The number of carbonyl (C=O) groups is 1. The van der Waals surface area contributed by atoms with Gasteiger partial charge < -0.3 is 5.11 Å². The van der Waals surface area contributed by atoms with Crippen LogP contribution < -0.4 is 0 Å². The molecule has 7 heteroatoms. The van der Waals surface area contributed by atoms with Gasteiger partial charge in [-0.1, -0.05) is 0 Å². The highest BCUT2D eigenvalue weighted by Gasteiger charge is 2.17. The lowest BCUT2D eigenvalue weighted by atomic mass is 10.2. The van der Waals surface area contributed by atoms with Gasteiger partial charge in [0.15, 0.2) is 17.5 Å². The SMILES string of the molecule is O=C(O)c1ccc2ncn(-c3ccc(F)c(F)c3F)c2c1. The van der Waals surface area contributed by atoms with Gasteiger partial charge in [-0.2, -0.15) is 0 Å². The molecule has 0 radical (unpaired) electrons. The van der Waals surface area contributed by atoms with E-state index in [0.29, 0.717) is 5.52 Å². The minimum atomic E-state index is -1.59. The van der Waals surface area contributed by atoms with Crippen molar-refractivity contribution >= 4 is 17.0 Å². The number of carboxylic acid groups (broad SMARTS) is 1. The van der Waals surface area contributed by atoms with Gasteiger partial charge in [0.25, 0.3) is 0 Å². The summed E-state index contributed by atoms with van der Waals surface area (Å²) >= 11 is 0. The van der Waals surface area contributed by atoms with E-state index in [0.717, 1.165) is 12.1 Å². The fourth-order valence-corrected chi connectivity index (χ4v) is 2.03. The molecule has 21 heavy (non-hydrogen) atoms. The van der Waals surface area contributed by atoms with E-state index in [1.54, 1.807) is 0 Å². The Morgan fingerprint density at radius 2 is 1.86 bits per heavy atom. The van der Waals surface area contributed by atoms with Crippen LogP contribution in [-0.4, -0.2) is 20.6 Å². The van der Waals surface area contributed by atoms with Gasteiger partial charge in [-0.15, -0.1) is 0 Å². The Balaban J connectivity index is 2.28. The second-order valence-corrected chi connectivity index (χ2v) is 4.32. The van der Waals surface area contributed by atoms with E-state index in [4.69, 9.17) is 5.11 Å². The molecule has 1 heterocycles. The van der Waals surface area contributed by atoms with Crippen molar-refractivity contribution < 1.29 is 23.1 Å². The molecule has 0 bridgehead atoms. The van der Waals surface area contributed by atoms with Crippen LogP contribution in [0, 0.1) is 17.5 Å². The quantitative estimate of drug-likeness (QED) is 0.738. The summed E-state index contributed by atoms with van der Waals surface area (Å²) < 4.78 is 41.3. The van der Waals surface area contributed by atoms with Crippen molar-refractivity contribution in [1.29, 1.82) is 0 Å². The Labute approximate surface area is 116 Å². The standard InChI is InChI=1S/C14H7F3N2O2/c15-8-2-4-10(13(17)12(8)16)19-6-18-9-3-1-7(14(20)21)5-11(9)19/h1-6H,(H,20,21). The zero-order valence-electron chi connectivity index (χ0n) is 10.3. The Hall–Kier alpha value is -2.83. The lowest BCUT2D eigenvalue weighted by molar-refractivity contribution is 0.0697. The molecule has 0 saturated carbocycles. The molecule has 0 spiro atoms. The molecule has 0 fully saturated rings. The van der Waals surface area contributed by atoms with Gasteiger partial charge in [0.1, 0.15) is 6.33 Å². The highest BCUT2D eigenvalue weighted by Crippen LogP contribution is 2.24. The van der Waals surface area contributed by atoms with Gasteiger partial charge in [-0.05, 0) is 30.3 Å². The molecule has 3 rings (SSSR count). The van der Waals surface area contributed by atoms with Crippen LogP contribution in [0.1, 0.15) is 10.4 Å². The van der Waals surface area contributed by atoms with E-state index in [1.807, 2.05) is 0 Å². The number of nitrogens with zero attached hydrogens (tertiary/aromatic N) is 2. The van der Waals surface area contributed by atoms with E-state index < -0.39 is 23.4 Å². The summed E-state index contributed by atoms with van der Waals surface area (Å²) in [4.78, 5) is 14.9. The van der Waals surface area contributed by atoms with Crippen molar-refractivity contribution in [3.8, 4) is 5.69 Å². The van der Waals surface area contributed by atoms with E-state index >= 15 is 0 Å². The summed E-state index contributed by atoms with van der Waals surface area (Å²) in [7, 11) is 0. The molecule has 0 aliphatic rings. The molecule has 4 nitrogen and oxygen atoms in total. The fourth-order valence-electron chi connectivity index (χ4n) is 2.03. The molecule has 106 valence electrons. The number of imidazole rings is 1. The van der Waals surface area contributed by atoms with Crippen LogP contribution >= 0.6 is 0 Å². The van der Waals surface area contributed by atoms with Crippen molar-refractivity contribution in [3.05, 3.63) is 59.7 Å². The van der Waals surface area contributed by atoms with Gasteiger partial charge in [-0.25, -0.2) is 22.9 Å². The van der Waals surface area contributed by atoms with Crippen molar-refractivity contribution in [2.24, 2.45) is 0 Å². The third-order valence-electron chi connectivity index (χ3n) is 3.07. The molecule has 0 aliphatic heterocycles. The number of rotatable bonds is 2. The Bertz CT molecular complexity index is 874. The van der Waals surface area contributed by atoms with Crippen molar-refractivity contribution in [1.82, 2.24) is 9.55 Å². The van der Waals surface area contributed by atoms with Gasteiger partial charge in [-0.3, -0.25) is 4.57 Å². The lowest BCUT2D eigenvalue weighted by Crippen LogP contribution is -2.02. The van der Waals surface area contributed by atoms with E-state index in [2.05, 4.69) is 4.98 Å². The lowest BCUT2D eigenvalue weighted by Gasteiger charge is -2.07. The number of carboxylic acids is 1. The summed E-state index contributed by atoms with van der Waals surface area (Å²) in [6.45, 7) is 0. The first-order valence-corrected chi connectivity index (χ1v) is 5.83. The van der Waals surface area contributed by atoms with Gasteiger partial charge >= 0.3 is 5.97 Å². The minimum Gasteiger partial charge on any atom is -0.478 e. The molecule has 0 atom stereocenters. The zero-order valence-corrected chi connectivity index (χ0v) is 10.3. The second-order valence-electron chi connectivity index (χ2n) is 4.32. The van der Waals surface area contributed by atoms with Crippen LogP contribution in [-0.2, 0) is 0 Å². The van der Waals surface area contributed by atoms with Gasteiger partial charge in [0.05, 0.1) is 22.3 Å². The summed E-state index contributed by atoms with van der Waals surface area (Å²) in [5.74, 6) is -5.42. The minimum absolute atomic E-state index is 0.0211. The molecule has 1 aromatic heterocycles. The molecule has 0 aliphatic carbocycles. The third kappa shape index (κ3) is 2.03. The first kappa shape index (κ1) is 13.2. The van der Waals surface area contributed by atoms with E-state index in [9.17, 15) is 18.0 Å². The highest BCUT2D eigenvalue weighted by atomic mass is 19.2. The van der Waals surface area contributed by atoms with Crippen LogP contribution in [0.3, 0.4) is 0 Å². The average molecular weight is 292 g/mol. The molecule has 2 aromatic carbocycles. The molecule has 1 N–H and O–H groups in total. The van der Waals surface area contributed by atoms with Crippen molar-refractivity contribution in [2.45, 2.75) is 0 Å². The van der Waals surface area contributed by atoms with E-state index in [-0.39, 0.29) is 16.8 Å². The number of benzene rings is 2.